The first kappa shape index (κ1) is 11.4. The van der Waals surface area contributed by atoms with Gasteiger partial charge in [-0.15, -0.1) is 0 Å². The third kappa shape index (κ3) is 2.65. The normalized spacial score (nSPS) is 12.9. The third-order valence-corrected chi connectivity index (χ3v) is 3.01. The minimum atomic E-state index is -3.84. The standard InChI is InChI=1S/C8H7ClF2O2S/c1-8(10,11)6-2-4-7(5-3-6)14(9,12)13/h2-5H,1H3. The number of rotatable bonds is 2. The topological polar surface area (TPSA) is 34.1 Å². The summed E-state index contributed by atoms with van der Waals surface area (Å²) in [6, 6.07) is 4.18. The Bertz CT molecular complexity index is 420. The molecule has 1 rings (SSSR count). The fourth-order valence-corrected chi connectivity index (χ4v) is 1.68. The minimum absolute atomic E-state index is 0.188. The SMILES string of the molecule is CC(F)(F)c1ccc(S(=O)(=O)Cl)cc1. The average molecular weight is 241 g/mol. The van der Waals surface area contributed by atoms with Crippen molar-refractivity contribution in [2.75, 3.05) is 0 Å². The van der Waals surface area contributed by atoms with Crippen LogP contribution < -0.4 is 0 Å². The van der Waals surface area contributed by atoms with Gasteiger partial charge in [0.1, 0.15) is 0 Å². The lowest BCUT2D eigenvalue weighted by Crippen LogP contribution is -2.06. The molecule has 0 saturated heterocycles. The third-order valence-electron chi connectivity index (χ3n) is 1.64. The van der Waals surface area contributed by atoms with Crippen molar-refractivity contribution in [2.24, 2.45) is 0 Å². The highest BCUT2D eigenvalue weighted by molar-refractivity contribution is 8.13. The zero-order chi connectivity index (χ0) is 11.0. The summed E-state index contributed by atoms with van der Waals surface area (Å²) in [7, 11) is 1.17. The molecule has 6 heteroatoms. The Hall–Kier alpha value is -0.680. The fourth-order valence-electron chi connectivity index (χ4n) is 0.910. The first-order chi connectivity index (χ1) is 6.21. The van der Waals surface area contributed by atoms with E-state index in [0.717, 1.165) is 31.2 Å². The fraction of sp³-hybridized carbons (Fsp3) is 0.250. The second-order valence-corrected chi connectivity index (χ2v) is 5.42. The van der Waals surface area contributed by atoms with Crippen LogP contribution in [0, 0.1) is 0 Å². The van der Waals surface area contributed by atoms with Gasteiger partial charge in [0.15, 0.2) is 0 Å². The first-order valence-electron chi connectivity index (χ1n) is 3.64. The highest BCUT2D eigenvalue weighted by Crippen LogP contribution is 2.28. The van der Waals surface area contributed by atoms with Crippen LogP contribution in [-0.2, 0) is 15.0 Å². The molecule has 0 heterocycles. The summed E-state index contributed by atoms with van der Waals surface area (Å²) in [5.41, 5.74) is -0.249. The smallest absolute Gasteiger partial charge is 0.207 e. The van der Waals surface area contributed by atoms with Crippen molar-refractivity contribution in [1.82, 2.24) is 0 Å². The van der Waals surface area contributed by atoms with Crippen molar-refractivity contribution in [2.45, 2.75) is 17.7 Å². The van der Waals surface area contributed by atoms with Crippen LogP contribution in [0.3, 0.4) is 0 Å². The van der Waals surface area contributed by atoms with Gasteiger partial charge >= 0.3 is 0 Å². The number of alkyl halides is 2. The Morgan fingerprint density at radius 2 is 1.64 bits per heavy atom. The van der Waals surface area contributed by atoms with Crippen molar-refractivity contribution in [3.63, 3.8) is 0 Å². The summed E-state index contributed by atoms with van der Waals surface area (Å²) in [4.78, 5) is -0.188. The highest BCUT2D eigenvalue weighted by Gasteiger charge is 2.24. The molecule has 0 aliphatic carbocycles. The van der Waals surface area contributed by atoms with Crippen LogP contribution >= 0.6 is 10.7 Å². The lowest BCUT2D eigenvalue weighted by molar-refractivity contribution is 0.0174. The summed E-state index contributed by atoms with van der Waals surface area (Å²) in [6.45, 7) is 0.733. The van der Waals surface area contributed by atoms with Gasteiger partial charge in [-0.25, -0.2) is 17.2 Å². The number of halogens is 3. The number of hydrogen-bond acceptors (Lipinski definition) is 2. The van der Waals surface area contributed by atoms with Crippen molar-refractivity contribution >= 4 is 19.7 Å². The van der Waals surface area contributed by atoms with Gasteiger partial charge in [-0.1, -0.05) is 12.1 Å². The van der Waals surface area contributed by atoms with E-state index in [1.165, 1.54) is 0 Å². The Balaban J connectivity index is 3.14. The predicted molar refractivity (Wildman–Crippen MR) is 49.0 cm³/mol. The van der Waals surface area contributed by atoms with Gasteiger partial charge in [0.25, 0.3) is 15.0 Å². The predicted octanol–water partition coefficient (Wildman–Crippen LogP) is 2.73. The molecule has 0 atom stereocenters. The summed E-state index contributed by atoms with van der Waals surface area (Å²) >= 11 is 0. The van der Waals surface area contributed by atoms with Crippen LogP contribution in [-0.4, -0.2) is 8.42 Å². The van der Waals surface area contributed by atoms with Crippen molar-refractivity contribution in [3.05, 3.63) is 29.8 Å². The van der Waals surface area contributed by atoms with Gasteiger partial charge in [-0.2, -0.15) is 0 Å². The second-order valence-electron chi connectivity index (χ2n) is 2.85. The molecular weight excluding hydrogens is 234 g/mol. The van der Waals surface area contributed by atoms with E-state index in [4.69, 9.17) is 10.7 Å². The average Bonchev–Trinajstić information content (AvgIpc) is 2.01. The molecule has 0 N–H and O–H groups in total. The van der Waals surface area contributed by atoms with E-state index in [-0.39, 0.29) is 10.5 Å². The maximum Gasteiger partial charge on any atom is 0.270 e. The summed E-state index contributed by atoms with van der Waals surface area (Å²) in [5, 5.41) is 0. The molecule has 0 fully saturated rings. The van der Waals surface area contributed by atoms with Gasteiger partial charge in [-0.3, -0.25) is 0 Å². The van der Waals surface area contributed by atoms with Crippen LogP contribution in [0.25, 0.3) is 0 Å². The Morgan fingerprint density at radius 3 is 1.93 bits per heavy atom. The van der Waals surface area contributed by atoms with Gasteiger partial charge in [0.2, 0.25) is 0 Å². The zero-order valence-electron chi connectivity index (χ0n) is 7.17. The monoisotopic (exact) mass is 240 g/mol. The minimum Gasteiger partial charge on any atom is -0.207 e. The quantitative estimate of drug-likeness (QED) is 0.745. The molecule has 0 amide bonds. The first-order valence-corrected chi connectivity index (χ1v) is 5.95. The van der Waals surface area contributed by atoms with E-state index in [2.05, 4.69) is 0 Å². The molecule has 2 nitrogen and oxygen atoms in total. The van der Waals surface area contributed by atoms with Gasteiger partial charge < -0.3 is 0 Å². The van der Waals surface area contributed by atoms with E-state index in [0.29, 0.717) is 0 Å². The number of hydrogen-bond donors (Lipinski definition) is 0. The second kappa shape index (κ2) is 3.47. The van der Waals surface area contributed by atoms with Crippen LogP contribution in [0.15, 0.2) is 29.2 Å². The lowest BCUT2D eigenvalue weighted by Gasteiger charge is -2.09. The zero-order valence-corrected chi connectivity index (χ0v) is 8.74. The van der Waals surface area contributed by atoms with Crippen LogP contribution in [0.2, 0.25) is 0 Å². The Morgan fingerprint density at radius 1 is 1.21 bits per heavy atom. The van der Waals surface area contributed by atoms with E-state index in [9.17, 15) is 17.2 Å². The van der Waals surface area contributed by atoms with Crippen molar-refractivity contribution < 1.29 is 17.2 Å². The summed E-state index contributed by atoms with van der Waals surface area (Å²) < 4.78 is 46.9. The highest BCUT2D eigenvalue weighted by atomic mass is 35.7. The molecule has 0 aromatic heterocycles. The Kier molecular flexibility index (Phi) is 2.83. The van der Waals surface area contributed by atoms with Gasteiger partial charge in [0.05, 0.1) is 4.90 Å². The molecule has 0 saturated carbocycles. The Labute approximate surface area is 84.9 Å². The van der Waals surface area contributed by atoms with Crippen LogP contribution in [0.4, 0.5) is 8.78 Å². The molecule has 0 radical (unpaired) electrons. The molecule has 14 heavy (non-hydrogen) atoms. The van der Waals surface area contributed by atoms with Gasteiger partial charge in [-0.05, 0) is 12.1 Å². The maximum absolute atomic E-state index is 12.7. The molecule has 1 aromatic carbocycles. The summed E-state index contributed by atoms with van der Waals surface area (Å²) in [5.74, 6) is -2.98. The number of benzene rings is 1. The van der Waals surface area contributed by atoms with Gasteiger partial charge in [0, 0.05) is 23.2 Å². The van der Waals surface area contributed by atoms with E-state index >= 15 is 0 Å². The van der Waals surface area contributed by atoms with E-state index in [1.54, 1.807) is 0 Å². The van der Waals surface area contributed by atoms with Crippen molar-refractivity contribution in [3.8, 4) is 0 Å². The summed E-state index contributed by atoms with van der Waals surface area (Å²) in [6.07, 6.45) is 0. The molecule has 1 aromatic rings. The molecule has 0 spiro atoms. The maximum atomic E-state index is 12.7. The van der Waals surface area contributed by atoms with E-state index < -0.39 is 15.0 Å². The van der Waals surface area contributed by atoms with Crippen molar-refractivity contribution in [1.29, 1.82) is 0 Å². The molecule has 0 aliphatic heterocycles. The molecule has 78 valence electrons. The molecule has 0 aliphatic rings. The molecule has 0 unspecified atom stereocenters. The van der Waals surface area contributed by atoms with Crippen LogP contribution in [0.1, 0.15) is 12.5 Å². The molecular formula is C8H7ClF2O2S. The van der Waals surface area contributed by atoms with E-state index in [1.807, 2.05) is 0 Å². The van der Waals surface area contributed by atoms with Crippen LogP contribution in [0.5, 0.6) is 0 Å². The molecule has 0 bridgehead atoms. The lowest BCUT2D eigenvalue weighted by atomic mass is 10.1. The largest absolute Gasteiger partial charge is 0.270 e.